The van der Waals surface area contributed by atoms with Crippen molar-refractivity contribution >= 4 is 16.9 Å². The summed E-state index contributed by atoms with van der Waals surface area (Å²) in [4.78, 5) is 11.9. The fourth-order valence-corrected chi connectivity index (χ4v) is 5.85. The van der Waals surface area contributed by atoms with Gasteiger partial charge < -0.3 is 9.47 Å². The molecule has 1 fully saturated rings. The number of benzene rings is 1. The third-order valence-corrected chi connectivity index (χ3v) is 7.20. The Morgan fingerprint density at radius 3 is 2.59 bits per heavy atom. The summed E-state index contributed by atoms with van der Waals surface area (Å²) in [6.07, 6.45) is -2.60. The number of amidine groups is 1. The van der Waals surface area contributed by atoms with Crippen molar-refractivity contribution in [3.05, 3.63) is 82.9 Å². The molecule has 1 aromatic carbocycles. The van der Waals surface area contributed by atoms with E-state index in [0.717, 1.165) is 40.4 Å². The second-order valence-corrected chi connectivity index (χ2v) is 9.75. The van der Waals surface area contributed by atoms with Crippen LogP contribution in [0, 0.1) is 13.8 Å². The van der Waals surface area contributed by atoms with Crippen molar-refractivity contribution in [1.29, 1.82) is 0 Å². The van der Waals surface area contributed by atoms with Crippen LogP contribution < -0.4 is 0 Å². The summed E-state index contributed by atoms with van der Waals surface area (Å²) in [5.41, 5.74) is 3.66. The summed E-state index contributed by atoms with van der Waals surface area (Å²) in [7, 11) is 0. The maximum Gasteiger partial charge on any atom is 0.416 e. The van der Waals surface area contributed by atoms with Crippen LogP contribution in [0.25, 0.3) is 5.69 Å². The van der Waals surface area contributed by atoms with Crippen molar-refractivity contribution in [3.8, 4) is 5.69 Å². The highest BCUT2D eigenvalue weighted by Crippen LogP contribution is 2.49. The van der Waals surface area contributed by atoms with E-state index in [-0.39, 0.29) is 12.1 Å². The molecular weight excluding hydrogens is 433 g/mol. The number of alkyl halides is 3. The molecule has 8 heteroatoms. The molecule has 4 heterocycles. The summed E-state index contributed by atoms with van der Waals surface area (Å²) in [6.45, 7) is 6.97. The van der Waals surface area contributed by atoms with Crippen molar-refractivity contribution in [2.45, 2.75) is 44.3 Å². The Labute approximate surface area is 189 Å². The second-order valence-electron chi connectivity index (χ2n) is 8.35. The zero-order chi connectivity index (χ0) is 22.6. The van der Waals surface area contributed by atoms with Crippen molar-refractivity contribution in [3.63, 3.8) is 0 Å². The summed E-state index contributed by atoms with van der Waals surface area (Å²) < 4.78 is 41.9. The molecule has 3 atom stereocenters. The Morgan fingerprint density at radius 1 is 1.06 bits per heavy atom. The van der Waals surface area contributed by atoms with Gasteiger partial charge >= 0.3 is 6.18 Å². The van der Waals surface area contributed by atoms with Crippen LogP contribution in [0.15, 0.2) is 59.7 Å². The summed E-state index contributed by atoms with van der Waals surface area (Å²) in [6, 6.07) is 13.2. The van der Waals surface area contributed by atoms with Crippen LogP contribution in [0.1, 0.15) is 47.2 Å². The van der Waals surface area contributed by atoms with Gasteiger partial charge in [-0.15, -0.1) is 0 Å². The molecule has 2 aliphatic heterocycles. The number of hydrogen-bond acceptors (Lipinski definition) is 4. The lowest BCUT2D eigenvalue weighted by molar-refractivity contribution is -0.137. The number of nitrogens with zero attached hydrogens (tertiary/aromatic N) is 4. The van der Waals surface area contributed by atoms with Gasteiger partial charge in [-0.1, -0.05) is 30.8 Å². The van der Waals surface area contributed by atoms with E-state index in [4.69, 9.17) is 4.99 Å². The number of pyridine rings is 1. The minimum atomic E-state index is -4.38. The van der Waals surface area contributed by atoms with Gasteiger partial charge in [0.1, 0.15) is 6.04 Å². The van der Waals surface area contributed by atoms with Crippen molar-refractivity contribution in [2.24, 2.45) is 4.99 Å². The third kappa shape index (κ3) is 3.50. The molecule has 1 saturated heterocycles. The number of fused-ring (bicyclic) bond motifs is 1. The zero-order valence-electron chi connectivity index (χ0n) is 18.0. The average Bonchev–Trinajstić information content (AvgIpc) is 3.37. The fraction of sp³-hybridized carbons (Fsp3) is 0.333. The van der Waals surface area contributed by atoms with Crippen molar-refractivity contribution in [2.75, 3.05) is 6.54 Å². The maximum absolute atomic E-state index is 13.3. The monoisotopic (exact) mass is 456 g/mol. The quantitative estimate of drug-likeness (QED) is 0.478. The molecule has 2 aliphatic rings. The van der Waals surface area contributed by atoms with Crippen molar-refractivity contribution < 1.29 is 13.2 Å². The molecule has 166 valence electrons. The van der Waals surface area contributed by atoms with Crippen LogP contribution in [-0.4, -0.2) is 31.4 Å². The number of rotatable bonds is 3. The first-order chi connectivity index (χ1) is 15.2. The normalized spacial score (nSPS) is 22.9. The van der Waals surface area contributed by atoms with Gasteiger partial charge in [-0.05, 0) is 55.8 Å². The average molecular weight is 457 g/mol. The molecule has 0 saturated carbocycles. The van der Waals surface area contributed by atoms with Crippen LogP contribution in [0.2, 0.25) is 0 Å². The topological polar surface area (TPSA) is 33.4 Å². The largest absolute Gasteiger partial charge is 0.416 e. The van der Waals surface area contributed by atoms with Gasteiger partial charge in [0.05, 0.1) is 17.3 Å². The lowest BCUT2D eigenvalue weighted by atomic mass is 9.96. The highest BCUT2D eigenvalue weighted by molar-refractivity contribution is 8.14. The summed E-state index contributed by atoms with van der Waals surface area (Å²) >= 11 is 1.77. The maximum atomic E-state index is 13.3. The minimum absolute atomic E-state index is 0.0388. The molecule has 0 amide bonds. The molecule has 0 bridgehead atoms. The number of thioether (sulfide) groups is 1. The fourth-order valence-electron chi connectivity index (χ4n) is 4.76. The van der Waals surface area contributed by atoms with Gasteiger partial charge in [-0.3, -0.25) is 9.98 Å². The first-order valence-corrected chi connectivity index (χ1v) is 11.4. The van der Waals surface area contributed by atoms with E-state index in [1.807, 2.05) is 36.6 Å². The minimum Gasteiger partial charge on any atom is -0.341 e. The third-order valence-electron chi connectivity index (χ3n) is 6.10. The standard InChI is InChI=1S/C24H23F3N4S/c1-14-11-19(16(3)31(14)18-8-6-7-17(12-18)24(25,26)27)22-21(20-9-4-5-10-28-20)29-23-30(22)13-15(2)32-23/h4-12,15,21-22H,13H2,1-3H3/t15-,21-,22+/m0/s1. The van der Waals surface area contributed by atoms with Crippen LogP contribution in [0.3, 0.4) is 0 Å². The molecule has 0 aliphatic carbocycles. The van der Waals surface area contributed by atoms with Crippen LogP contribution >= 0.6 is 11.8 Å². The van der Waals surface area contributed by atoms with E-state index < -0.39 is 11.7 Å². The Hall–Kier alpha value is -2.74. The Kier molecular flexibility index (Phi) is 5.08. The van der Waals surface area contributed by atoms with E-state index in [1.54, 1.807) is 24.0 Å². The van der Waals surface area contributed by atoms with Gasteiger partial charge in [0.15, 0.2) is 5.17 Å². The van der Waals surface area contributed by atoms with Crippen LogP contribution in [0.4, 0.5) is 13.2 Å². The van der Waals surface area contributed by atoms with E-state index in [0.29, 0.717) is 10.9 Å². The number of halogens is 3. The molecule has 5 rings (SSSR count). The predicted octanol–water partition coefficient (Wildman–Crippen LogP) is 6.10. The number of hydrogen-bond donors (Lipinski definition) is 0. The Bertz CT molecular complexity index is 1190. The van der Waals surface area contributed by atoms with Gasteiger partial charge in [-0.25, -0.2) is 0 Å². The summed E-state index contributed by atoms with van der Waals surface area (Å²) in [5.74, 6) is 0. The van der Waals surface area contributed by atoms with Crippen molar-refractivity contribution in [1.82, 2.24) is 14.5 Å². The number of aromatic nitrogens is 2. The van der Waals surface area contributed by atoms with E-state index >= 15 is 0 Å². The SMILES string of the molecule is Cc1cc([C@@H]2[C@H](c3ccccn3)N=C3S[C@@H](C)CN32)c(C)n1-c1cccc(C(F)(F)F)c1. The molecule has 0 N–H and O–H groups in total. The van der Waals surface area contributed by atoms with Gasteiger partial charge in [-0.2, -0.15) is 13.2 Å². The smallest absolute Gasteiger partial charge is 0.341 e. The molecule has 3 aromatic rings. The first-order valence-electron chi connectivity index (χ1n) is 10.5. The van der Waals surface area contributed by atoms with Crippen LogP contribution in [-0.2, 0) is 6.18 Å². The summed E-state index contributed by atoms with van der Waals surface area (Å²) in [5, 5.41) is 1.45. The van der Waals surface area contributed by atoms with Gasteiger partial charge in [0.25, 0.3) is 0 Å². The van der Waals surface area contributed by atoms with E-state index in [1.165, 1.54) is 12.1 Å². The van der Waals surface area contributed by atoms with Crippen LogP contribution in [0.5, 0.6) is 0 Å². The number of aryl methyl sites for hydroxylation is 1. The molecule has 0 radical (unpaired) electrons. The number of aliphatic imine (C=N–C) groups is 1. The van der Waals surface area contributed by atoms with Gasteiger partial charge in [0, 0.05) is 35.1 Å². The lowest BCUT2D eigenvalue weighted by Crippen LogP contribution is -2.28. The molecule has 0 unspecified atom stereocenters. The van der Waals surface area contributed by atoms with Gasteiger partial charge in [0.2, 0.25) is 0 Å². The lowest BCUT2D eigenvalue weighted by Gasteiger charge is -2.27. The second kappa shape index (κ2) is 7.69. The Morgan fingerprint density at radius 2 is 1.88 bits per heavy atom. The first kappa shape index (κ1) is 21.1. The highest BCUT2D eigenvalue weighted by atomic mass is 32.2. The molecular formula is C24H23F3N4S. The zero-order valence-corrected chi connectivity index (χ0v) is 18.8. The predicted molar refractivity (Wildman–Crippen MR) is 121 cm³/mol. The Balaban J connectivity index is 1.61. The molecule has 2 aromatic heterocycles. The van der Waals surface area contributed by atoms with E-state index in [2.05, 4.69) is 22.9 Å². The van der Waals surface area contributed by atoms with E-state index in [9.17, 15) is 13.2 Å². The molecule has 4 nitrogen and oxygen atoms in total. The molecule has 0 spiro atoms. The molecule has 32 heavy (non-hydrogen) atoms. The highest BCUT2D eigenvalue weighted by Gasteiger charge is 2.44.